The van der Waals surface area contributed by atoms with Crippen molar-refractivity contribution in [3.05, 3.63) is 0 Å². The minimum Gasteiger partial charge on any atom is -0.395 e. The molecular formula is C6H13NO3. The van der Waals surface area contributed by atoms with Crippen molar-refractivity contribution in [2.45, 2.75) is 31.2 Å². The Labute approximate surface area is 59.5 Å². The van der Waals surface area contributed by atoms with Crippen LogP contribution in [0.1, 0.15) is 6.92 Å². The fourth-order valence-corrected chi connectivity index (χ4v) is 1.23. The first-order valence-corrected chi connectivity index (χ1v) is 3.40. The van der Waals surface area contributed by atoms with Gasteiger partial charge in [-0.15, -0.1) is 0 Å². The highest BCUT2D eigenvalue weighted by molar-refractivity contribution is 4.95. The molecule has 0 aliphatic carbocycles. The van der Waals surface area contributed by atoms with E-state index in [4.69, 9.17) is 15.3 Å². The molecule has 1 aliphatic heterocycles. The molecule has 10 heavy (non-hydrogen) atoms. The van der Waals surface area contributed by atoms with E-state index < -0.39 is 12.2 Å². The molecule has 0 aromatic carbocycles. The number of rotatable bonds is 1. The second kappa shape index (κ2) is 2.84. The van der Waals surface area contributed by atoms with Gasteiger partial charge in [-0.2, -0.15) is 0 Å². The van der Waals surface area contributed by atoms with Crippen LogP contribution >= 0.6 is 0 Å². The van der Waals surface area contributed by atoms with E-state index in [1.807, 2.05) is 0 Å². The SMILES string of the molecule is CC1N[C@H](CO)C(O)[C@H]1O. The Morgan fingerprint density at radius 2 is 1.90 bits per heavy atom. The zero-order valence-electron chi connectivity index (χ0n) is 5.86. The van der Waals surface area contributed by atoms with Crippen molar-refractivity contribution >= 4 is 0 Å². The van der Waals surface area contributed by atoms with Crippen molar-refractivity contribution in [2.75, 3.05) is 6.61 Å². The van der Waals surface area contributed by atoms with Gasteiger partial charge < -0.3 is 20.6 Å². The average molecular weight is 147 g/mol. The summed E-state index contributed by atoms with van der Waals surface area (Å²) in [6, 6.07) is -0.503. The van der Waals surface area contributed by atoms with E-state index in [0.717, 1.165) is 0 Å². The third kappa shape index (κ3) is 1.15. The van der Waals surface area contributed by atoms with Crippen LogP contribution in [0.2, 0.25) is 0 Å². The molecule has 4 atom stereocenters. The molecule has 4 heteroatoms. The van der Waals surface area contributed by atoms with E-state index >= 15 is 0 Å². The van der Waals surface area contributed by atoms with Crippen molar-refractivity contribution in [2.24, 2.45) is 0 Å². The summed E-state index contributed by atoms with van der Waals surface area (Å²) in [7, 11) is 0. The average Bonchev–Trinajstić information content (AvgIpc) is 2.17. The predicted octanol–water partition coefficient (Wildman–Crippen LogP) is -1.94. The first kappa shape index (κ1) is 7.94. The lowest BCUT2D eigenvalue weighted by atomic mass is 10.1. The van der Waals surface area contributed by atoms with Crippen LogP contribution in [0.25, 0.3) is 0 Å². The van der Waals surface area contributed by atoms with Gasteiger partial charge >= 0.3 is 0 Å². The largest absolute Gasteiger partial charge is 0.395 e. The number of aliphatic hydroxyl groups excluding tert-OH is 3. The number of nitrogens with one attached hydrogen (secondary N) is 1. The van der Waals surface area contributed by atoms with Crippen molar-refractivity contribution in [3.8, 4) is 0 Å². The van der Waals surface area contributed by atoms with Crippen molar-refractivity contribution < 1.29 is 15.3 Å². The van der Waals surface area contributed by atoms with Crippen LogP contribution in [0.4, 0.5) is 0 Å². The molecule has 1 fully saturated rings. The Hall–Kier alpha value is -0.160. The van der Waals surface area contributed by atoms with Gasteiger partial charge in [0.2, 0.25) is 0 Å². The number of aliphatic hydroxyl groups is 3. The van der Waals surface area contributed by atoms with Crippen LogP contribution in [-0.4, -0.2) is 46.2 Å². The zero-order valence-corrected chi connectivity index (χ0v) is 5.86. The first-order valence-electron chi connectivity index (χ1n) is 3.40. The minimum atomic E-state index is -0.833. The molecule has 1 heterocycles. The van der Waals surface area contributed by atoms with Gasteiger partial charge in [0.25, 0.3) is 0 Å². The second-order valence-corrected chi connectivity index (χ2v) is 2.73. The molecule has 0 radical (unpaired) electrons. The molecular weight excluding hydrogens is 134 g/mol. The molecule has 1 rings (SSSR count). The molecule has 0 spiro atoms. The third-order valence-corrected chi connectivity index (χ3v) is 1.95. The van der Waals surface area contributed by atoms with Gasteiger partial charge in [0.15, 0.2) is 0 Å². The maximum Gasteiger partial charge on any atom is 0.0989 e. The van der Waals surface area contributed by atoms with Gasteiger partial charge in [0.05, 0.1) is 24.9 Å². The van der Waals surface area contributed by atoms with E-state index in [9.17, 15) is 0 Å². The lowest BCUT2D eigenvalue weighted by Gasteiger charge is -2.11. The maximum absolute atomic E-state index is 9.16. The van der Waals surface area contributed by atoms with Crippen LogP contribution in [-0.2, 0) is 0 Å². The summed E-state index contributed by atoms with van der Waals surface area (Å²) in [5.74, 6) is 0. The lowest BCUT2D eigenvalue weighted by Crippen LogP contribution is -2.36. The van der Waals surface area contributed by atoms with Gasteiger partial charge in [-0.05, 0) is 6.92 Å². The highest BCUT2D eigenvalue weighted by atomic mass is 16.3. The zero-order chi connectivity index (χ0) is 7.72. The summed E-state index contributed by atoms with van der Waals surface area (Å²) in [6.45, 7) is 1.63. The van der Waals surface area contributed by atoms with E-state index in [1.165, 1.54) is 0 Å². The van der Waals surface area contributed by atoms with Crippen LogP contribution < -0.4 is 5.32 Å². The molecule has 0 bridgehead atoms. The van der Waals surface area contributed by atoms with Gasteiger partial charge in [-0.1, -0.05) is 0 Å². The molecule has 0 aromatic rings. The highest BCUT2D eigenvalue weighted by Crippen LogP contribution is 2.12. The summed E-state index contributed by atoms with van der Waals surface area (Å²) in [5.41, 5.74) is 0. The van der Waals surface area contributed by atoms with Crippen molar-refractivity contribution in [1.29, 1.82) is 0 Å². The molecule has 1 aliphatic rings. The maximum atomic E-state index is 9.16. The Morgan fingerprint density at radius 3 is 2.10 bits per heavy atom. The van der Waals surface area contributed by atoms with E-state index in [1.54, 1.807) is 6.92 Å². The summed E-state index contributed by atoms with van der Waals surface area (Å²) in [5, 5.41) is 29.8. The monoisotopic (exact) mass is 147 g/mol. The third-order valence-electron chi connectivity index (χ3n) is 1.95. The van der Waals surface area contributed by atoms with Crippen LogP contribution in [0.15, 0.2) is 0 Å². The molecule has 2 unspecified atom stereocenters. The molecule has 60 valence electrons. The van der Waals surface area contributed by atoms with Crippen LogP contribution in [0, 0.1) is 0 Å². The van der Waals surface area contributed by atoms with Gasteiger partial charge in [0, 0.05) is 6.04 Å². The standard InChI is InChI=1S/C6H13NO3/c1-3-5(9)6(10)4(2-8)7-3/h3-10H,2H2,1H3/t3?,4-,5+,6?/m1/s1. The number of hydrogen-bond acceptors (Lipinski definition) is 4. The summed E-state index contributed by atoms with van der Waals surface area (Å²) >= 11 is 0. The van der Waals surface area contributed by atoms with Crippen molar-refractivity contribution in [3.63, 3.8) is 0 Å². The fraction of sp³-hybridized carbons (Fsp3) is 1.00. The number of hydrogen-bond donors (Lipinski definition) is 4. The fourth-order valence-electron chi connectivity index (χ4n) is 1.23. The topological polar surface area (TPSA) is 72.7 Å². The summed E-state index contributed by atoms with van der Waals surface area (Å²) in [4.78, 5) is 0. The van der Waals surface area contributed by atoms with Gasteiger partial charge in [-0.25, -0.2) is 0 Å². The Bertz CT molecular complexity index is 120. The molecule has 4 N–H and O–H groups in total. The smallest absolute Gasteiger partial charge is 0.0989 e. The van der Waals surface area contributed by atoms with Crippen molar-refractivity contribution in [1.82, 2.24) is 5.32 Å². The molecule has 1 saturated heterocycles. The second-order valence-electron chi connectivity index (χ2n) is 2.73. The first-order chi connectivity index (χ1) is 4.66. The molecule has 4 nitrogen and oxygen atoms in total. The van der Waals surface area contributed by atoms with Crippen LogP contribution in [0.5, 0.6) is 0 Å². The Balaban J connectivity index is 2.53. The van der Waals surface area contributed by atoms with E-state index in [0.29, 0.717) is 0 Å². The summed E-state index contributed by atoms with van der Waals surface area (Å²) < 4.78 is 0. The van der Waals surface area contributed by atoms with Crippen LogP contribution in [0.3, 0.4) is 0 Å². The Kier molecular flexibility index (Phi) is 2.25. The van der Waals surface area contributed by atoms with Gasteiger partial charge in [-0.3, -0.25) is 0 Å². The summed E-state index contributed by atoms with van der Waals surface area (Å²) in [6.07, 6.45) is -1.59. The minimum absolute atomic E-state index is 0.132. The molecule has 0 aromatic heterocycles. The molecule has 0 amide bonds. The molecule has 0 saturated carbocycles. The van der Waals surface area contributed by atoms with Gasteiger partial charge in [0.1, 0.15) is 0 Å². The normalized spacial score (nSPS) is 48.0. The highest BCUT2D eigenvalue weighted by Gasteiger charge is 2.37. The Morgan fingerprint density at radius 1 is 1.30 bits per heavy atom. The van der Waals surface area contributed by atoms with E-state index in [-0.39, 0.29) is 18.7 Å². The quantitative estimate of drug-likeness (QED) is 0.348. The van der Waals surface area contributed by atoms with E-state index in [2.05, 4.69) is 5.32 Å². The predicted molar refractivity (Wildman–Crippen MR) is 35.5 cm³/mol. The lowest BCUT2D eigenvalue weighted by molar-refractivity contribution is 0.0214.